The number of carbonyl (C=O) groups excluding carboxylic acids is 1. The molecule has 1 amide bonds. The molecule has 3 heteroatoms. The van der Waals surface area contributed by atoms with Crippen LogP contribution in [0.25, 0.3) is 0 Å². The van der Waals surface area contributed by atoms with E-state index in [2.05, 4.69) is 16.7 Å². The number of fused-ring (bicyclic) bond motifs is 1. The lowest BCUT2D eigenvalue weighted by Crippen LogP contribution is -2.48. The molecule has 2 atom stereocenters. The van der Waals surface area contributed by atoms with Crippen LogP contribution in [0.15, 0.2) is 0 Å². The third-order valence-corrected chi connectivity index (χ3v) is 3.36. The minimum absolute atomic E-state index is 0.341. The van der Waals surface area contributed by atoms with Crippen LogP contribution in [0.5, 0.6) is 0 Å². The third kappa shape index (κ3) is 1.65. The second-order valence-electron chi connectivity index (χ2n) is 4.35. The minimum Gasteiger partial charge on any atom is -0.337 e. The fourth-order valence-electron chi connectivity index (χ4n) is 2.54. The number of carbonyl (C=O) groups is 1. The summed E-state index contributed by atoms with van der Waals surface area (Å²) in [7, 11) is 0. The molecule has 1 saturated heterocycles. The molecule has 0 N–H and O–H groups in total. The highest BCUT2D eigenvalue weighted by molar-refractivity contribution is 5.76. The van der Waals surface area contributed by atoms with E-state index in [4.69, 9.17) is 0 Å². The summed E-state index contributed by atoms with van der Waals surface area (Å²) >= 11 is 0. The molecule has 1 aliphatic heterocycles. The van der Waals surface area contributed by atoms with Gasteiger partial charge in [0.2, 0.25) is 5.91 Å². The molecule has 0 aromatic rings. The summed E-state index contributed by atoms with van der Waals surface area (Å²) in [6, 6.07) is 1.25. The monoisotopic (exact) mass is 196 g/mol. The van der Waals surface area contributed by atoms with Gasteiger partial charge in [-0.3, -0.25) is 9.69 Å². The van der Waals surface area contributed by atoms with Gasteiger partial charge in [-0.05, 0) is 19.4 Å². The average molecular weight is 196 g/mol. The first-order valence-corrected chi connectivity index (χ1v) is 5.81. The summed E-state index contributed by atoms with van der Waals surface area (Å²) in [6.45, 7) is 7.42. The van der Waals surface area contributed by atoms with E-state index in [1.165, 1.54) is 19.4 Å². The predicted molar refractivity (Wildman–Crippen MR) is 56.1 cm³/mol. The lowest BCUT2D eigenvalue weighted by molar-refractivity contribution is -0.133. The molecule has 1 aliphatic carbocycles. The van der Waals surface area contributed by atoms with Gasteiger partial charge in [-0.2, -0.15) is 0 Å². The Morgan fingerprint density at radius 3 is 2.71 bits per heavy atom. The lowest BCUT2D eigenvalue weighted by atomic mass is 10.2. The van der Waals surface area contributed by atoms with Crippen LogP contribution in [-0.2, 0) is 4.79 Å². The summed E-state index contributed by atoms with van der Waals surface area (Å²) < 4.78 is 0. The number of nitrogens with zero attached hydrogens (tertiary/aromatic N) is 2. The first kappa shape index (κ1) is 9.97. The lowest BCUT2D eigenvalue weighted by Gasteiger charge is -2.33. The minimum atomic E-state index is 0.341. The number of amides is 1. The SMILES string of the molecule is CCCN1CCN(C(=O)CC)C2CC21. The van der Waals surface area contributed by atoms with Crippen molar-refractivity contribution in [2.75, 3.05) is 19.6 Å². The van der Waals surface area contributed by atoms with Crippen LogP contribution in [-0.4, -0.2) is 47.4 Å². The summed E-state index contributed by atoms with van der Waals surface area (Å²) in [6.07, 6.45) is 3.10. The van der Waals surface area contributed by atoms with Crippen molar-refractivity contribution in [3.05, 3.63) is 0 Å². The van der Waals surface area contributed by atoms with Gasteiger partial charge in [0, 0.05) is 31.6 Å². The van der Waals surface area contributed by atoms with Gasteiger partial charge in [-0.25, -0.2) is 0 Å². The molecule has 2 aliphatic rings. The van der Waals surface area contributed by atoms with Crippen LogP contribution in [0.2, 0.25) is 0 Å². The van der Waals surface area contributed by atoms with Crippen LogP contribution in [0, 0.1) is 0 Å². The van der Waals surface area contributed by atoms with Crippen molar-refractivity contribution < 1.29 is 4.79 Å². The zero-order valence-electron chi connectivity index (χ0n) is 9.20. The average Bonchev–Trinajstić information content (AvgIpc) is 2.97. The molecular weight excluding hydrogens is 176 g/mol. The van der Waals surface area contributed by atoms with Gasteiger partial charge in [0.1, 0.15) is 0 Å². The number of rotatable bonds is 3. The van der Waals surface area contributed by atoms with Gasteiger partial charge in [0.05, 0.1) is 0 Å². The summed E-state index contributed by atoms with van der Waals surface area (Å²) in [5, 5.41) is 0. The fraction of sp³-hybridized carbons (Fsp3) is 0.909. The second-order valence-corrected chi connectivity index (χ2v) is 4.35. The molecule has 3 nitrogen and oxygen atoms in total. The van der Waals surface area contributed by atoms with Crippen LogP contribution < -0.4 is 0 Å². The maximum absolute atomic E-state index is 11.6. The Labute approximate surface area is 86.1 Å². The molecule has 2 rings (SSSR count). The Morgan fingerprint density at radius 1 is 1.29 bits per heavy atom. The van der Waals surface area contributed by atoms with E-state index < -0.39 is 0 Å². The van der Waals surface area contributed by atoms with Gasteiger partial charge < -0.3 is 4.90 Å². The number of hydrogen-bond donors (Lipinski definition) is 0. The van der Waals surface area contributed by atoms with Crippen LogP contribution in [0.4, 0.5) is 0 Å². The van der Waals surface area contributed by atoms with Gasteiger partial charge >= 0.3 is 0 Å². The summed E-state index contributed by atoms with van der Waals surface area (Å²) in [4.78, 5) is 16.2. The number of hydrogen-bond acceptors (Lipinski definition) is 2. The first-order chi connectivity index (χ1) is 6.77. The molecule has 1 saturated carbocycles. The van der Waals surface area contributed by atoms with Gasteiger partial charge in [-0.1, -0.05) is 13.8 Å². The summed E-state index contributed by atoms with van der Waals surface area (Å²) in [5.41, 5.74) is 0. The highest BCUT2D eigenvalue weighted by atomic mass is 16.2. The maximum Gasteiger partial charge on any atom is 0.222 e. The molecule has 0 aromatic carbocycles. The molecule has 14 heavy (non-hydrogen) atoms. The van der Waals surface area contributed by atoms with Gasteiger partial charge in [-0.15, -0.1) is 0 Å². The van der Waals surface area contributed by atoms with Crippen molar-refractivity contribution in [1.29, 1.82) is 0 Å². The molecule has 1 heterocycles. The van der Waals surface area contributed by atoms with Crippen molar-refractivity contribution in [1.82, 2.24) is 9.80 Å². The van der Waals surface area contributed by atoms with Crippen molar-refractivity contribution >= 4 is 5.91 Å². The van der Waals surface area contributed by atoms with Crippen molar-refractivity contribution in [2.24, 2.45) is 0 Å². The quantitative estimate of drug-likeness (QED) is 0.674. The molecule has 0 aromatic heterocycles. The Kier molecular flexibility index (Phi) is 2.77. The molecule has 2 fully saturated rings. The second kappa shape index (κ2) is 3.89. The first-order valence-electron chi connectivity index (χ1n) is 5.81. The van der Waals surface area contributed by atoms with E-state index in [1.807, 2.05) is 6.92 Å². The van der Waals surface area contributed by atoms with Crippen molar-refractivity contribution in [3.8, 4) is 0 Å². The van der Waals surface area contributed by atoms with E-state index in [-0.39, 0.29) is 0 Å². The highest BCUT2D eigenvalue weighted by Crippen LogP contribution is 2.36. The highest BCUT2D eigenvalue weighted by Gasteiger charge is 2.49. The van der Waals surface area contributed by atoms with Gasteiger partial charge in [0.15, 0.2) is 0 Å². The van der Waals surface area contributed by atoms with Crippen molar-refractivity contribution in [2.45, 2.75) is 45.2 Å². The van der Waals surface area contributed by atoms with E-state index in [1.54, 1.807) is 0 Å². The van der Waals surface area contributed by atoms with E-state index in [0.717, 1.165) is 13.1 Å². The predicted octanol–water partition coefficient (Wildman–Crippen LogP) is 1.09. The fourth-order valence-corrected chi connectivity index (χ4v) is 2.54. The normalized spacial score (nSPS) is 31.4. The zero-order chi connectivity index (χ0) is 10.1. The van der Waals surface area contributed by atoms with Crippen molar-refractivity contribution in [3.63, 3.8) is 0 Å². The van der Waals surface area contributed by atoms with E-state index >= 15 is 0 Å². The molecular formula is C11H20N2O. The Bertz CT molecular complexity index is 229. The Morgan fingerprint density at radius 2 is 2.07 bits per heavy atom. The maximum atomic E-state index is 11.6. The Balaban J connectivity index is 1.90. The standard InChI is InChI=1S/C11H20N2O/c1-3-5-12-6-7-13(11(14)4-2)10-8-9(10)12/h9-10H,3-8H2,1-2H3. The molecule has 0 spiro atoms. The molecule has 0 bridgehead atoms. The van der Waals surface area contributed by atoms with Crippen LogP contribution in [0.1, 0.15) is 33.1 Å². The summed E-state index contributed by atoms with van der Waals surface area (Å²) in [5.74, 6) is 0.341. The number of piperazine rings is 1. The topological polar surface area (TPSA) is 23.6 Å². The third-order valence-electron chi connectivity index (χ3n) is 3.36. The van der Waals surface area contributed by atoms with Gasteiger partial charge in [0.25, 0.3) is 0 Å². The Hall–Kier alpha value is -0.570. The van der Waals surface area contributed by atoms with E-state index in [0.29, 0.717) is 24.4 Å². The molecule has 80 valence electrons. The zero-order valence-corrected chi connectivity index (χ0v) is 9.20. The smallest absolute Gasteiger partial charge is 0.222 e. The van der Waals surface area contributed by atoms with Crippen LogP contribution >= 0.6 is 0 Å². The molecule has 2 unspecified atom stereocenters. The van der Waals surface area contributed by atoms with Crippen LogP contribution in [0.3, 0.4) is 0 Å². The van der Waals surface area contributed by atoms with E-state index in [9.17, 15) is 4.79 Å². The molecule has 0 radical (unpaired) electrons. The largest absolute Gasteiger partial charge is 0.337 e.